The second kappa shape index (κ2) is 19.8. The molecular formula is C84H99BN4. The molecule has 3 aliphatic heterocycles. The van der Waals surface area contributed by atoms with Crippen LogP contribution in [0.1, 0.15) is 227 Å². The molecule has 6 aliphatic rings. The Morgan fingerprint density at radius 3 is 1.35 bits per heavy atom. The second-order valence-corrected chi connectivity index (χ2v) is 34.4. The van der Waals surface area contributed by atoms with Crippen molar-refractivity contribution in [1.29, 1.82) is 0 Å². The molecular weight excluding hydrogens is 1080 g/mol. The predicted octanol–water partition coefficient (Wildman–Crippen LogP) is 21.6. The van der Waals surface area contributed by atoms with Gasteiger partial charge in [-0.1, -0.05) is 210 Å². The molecule has 14 rings (SSSR count). The predicted molar refractivity (Wildman–Crippen MR) is 385 cm³/mol. The molecule has 2 atom stereocenters. The van der Waals surface area contributed by atoms with E-state index in [1.165, 1.54) is 132 Å². The van der Waals surface area contributed by atoms with Crippen molar-refractivity contribution in [3.05, 3.63) is 202 Å². The van der Waals surface area contributed by atoms with Crippen molar-refractivity contribution in [2.45, 2.75) is 232 Å². The highest BCUT2D eigenvalue weighted by atomic mass is 15.3. The minimum Gasteiger partial charge on any atom is -0.334 e. The van der Waals surface area contributed by atoms with Gasteiger partial charge in [-0.25, -0.2) is 0 Å². The summed E-state index contributed by atoms with van der Waals surface area (Å²) in [6.45, 7) is 46.0. The largest absolute Gasteiger partial charge is 0.334 e. The van der Waals surface area contributed by atoms with E-state index in [-0.39, 0.29) is 55.6 Å². The van der Waals surface area contributed by atoms with Crippen LogP contribution in [-0.2, 0) is 43.3 Å². The number of hydrogen-bond acceptors (Lipinski definition) is 4. The number of hydrogen-bond donors (Lipinski definition) is 0. The van der Waals surface area contributed by atoms with Crippen molar-refractivity contribution < 1.29 is 0 Å². The maximum atomic E-state index is 2.79. The Labute approximate surface area is 536 Å². The zero-order valence-corrected chi connectivity index (χ0v) is 57.5. The van der Waals surface area contributed by atoms with Crippen molar-refractivity contribution in [2.75, 3.05) is 19.6 Å². The van der Waals surface area contributed by atoms with E-state index in [9.17, 15) is 0 Å². The molecule has 458 valence electrons. The van der Waals surface area contributed by atoms with Gasteiger partial charge >= 0.3 is 0 Å². The fourth-order valence-corrected chi connectivity index (χ4v) is 17.4. The average molecular weight is 1180 g/mol. The molecule has 0 spiro atoms. The first-order valence-electron chi connectivity index (χ1n) is 34.0. The summed E-state index contributed by atoms with van der Waals surface area (Å²) < 4.78 is 0. The Hall–Kier alpha value is -6.98. The van der Waals surface area contributed by atoms with Gasteiger partial charge in [-0.05, 0) is 229 Å². The van der Waals surface area contributed by atoms with E-state index in [2.05, 4.69) is 309 Å². The highest BCUT2D eigenvalue weighted by Gasteiger charge is 2.58. The summed E-state index contributed by atoms with van der Waals surface area (Å²) in [6.07, 6.45) is 9.44. The van der Waals surface area contributed by atoms with Gasteiger partial charge in [-0.15, -0.1) is 0 Å². The van der Waals surface area contributed by atoms with E-state index < -0.39 is 0 Å². The van der Waals surface area contributed by atoms with Gasteiger partial charge in [0, 0.05) is 62.3 Å². The molecule has 0 saturated heterocycles. The van der Waals surface area contributed by atoms with Crippen molar-refractivity contribution in [2.24, 2.45) is 0 Å². The summed E-state index contributed by atoms with van der Waals surface area (Å²) in [5.74, 6) is 0. The van der Waals surface area contributed by atoms with Gasteiger partial charge in [-0.2, -0.15) is 0 Å². The van der Waals surface area contributed by atoms with Crippen molar-refractivity contribution in [1.82, 2.24) is 0 Å². The standard InChI is InChI=1S/C84H99BN4/c1-76(2,3)54-26-32-57(33-27-54)86(58-34-28-55(29-35-58)77(4,5)6)62-50-73-75-74(51-62)88(60-38-40-63-65(48-60)80(12,13)45-44-79(63,10)11)72-53-67-66(81(14,15)46-47-82(67,16)17)52-69(72)85(75)68-41-39-61(49-71(68)87(73)59-36-30-56(31-37-59)78(7,8)9)89-70-25-21-20-24-64(70)83(18)42-22-23-43-84(83,89)19/h20-21,24-41,48-53H,22-23,42-47H2,1-19H3. The molecule has 8 aromatic rings. The Morgan fingerprint density at radius 2 is 0.798 bits per heavy atom. The molecule has 1 saturated carbocycles. The van der Waals surface area contributed by atoms with Gasteiger partial charge in [0.2, 0.25) is 0 Å². The van der Waals surface area contributed by atoms with Crippen LogP contribution in [0.2, 0.25) is 0 Å². The van der Waals surface area contributed by atoms with Crippen LogP contribution in [0.15, 0.2) is 158 Å². The molecule has 5 heteroatoms. The number of para-hydroxylation sites is 1. The van der Waals surface area contributed by atoms with Gasteiger partial charge < -0.3 is 19.6 Å². The van der Waals surface area contributed by atoms with Crippen LogP contribution in [-0.4, -0.2) is 12.3 Å². The highest BCUT2D eigenvalue weighted by molar-refractivity contribution is 7.00. The second-order valence-electron chi connectivity index (χ2n) is 34.4. The van der Waals surface area contributed by atoms with Crippen LogP contribution < -0.4 is 36.0 Å². The molecule has 8 aromatic carbocycles. The number of anilines is 11. The third-order valence-corrected chi connectivity index (χ3v) is 23.6. The van der Waals surface area contributed by atoms with E-state index in [1.54, 1.807) is 0 Å². The summed E-state index contributed by atoms with van der Waals surface area (Å²) in [5.41, 5.74) is 28.9. The van der Waals surface area contributed by atoms with E-state index in [1.807, 2.05) is 0 Å². The first kappa shape index (κ1) is 59.6. The van der Waals surface area contributed by atoms with Gasteiger partial charge in [0.05, 0.1) is 11.2 Å². The van der Waals surface area contributed by atoms with Crippen LogP contribution >= 0.6 is 0 Å². The van der Waals surface area contributed by atoms with Crippen LogP contribution in [0.25, 0.3) is 0 Å². The molecule has 89 heavy (non-hydrogen) atoms. The lowest BCUT2D eigenvalue weighted by atomic mass is 9.33. The van der Waals surface area contributed by atoms with E-state index in [0.717, 1.165) is 42.7 Å². The topological polar surface area (TPSA) is 13.0 Å². The SMILES string of the molecule is CC(C)(C)c1ccc(N(c2ccc(C(C)(C)C)cc2)c2cc3c4c(c2)N(c2ccc5c(c2)C(C)(C)CCC5(C)C)c2cc5c(cc2B4c2ccc(N4c6ccccc6C6(C)CCCCC46C)cc2N3c2ccc(C(C)(C)C)cc2)C(C)(C)CCC5(C)C)cc1. The first-order chi connectivity index (χ1) is 41.7. The first-order valence-corrected chi connectivity index (χ1v) is 34.0. The number of benzene rings is 8. The van der Waals surface area contributed by atoms with Gasteiger partial charge in [0.1, 0.15) is 0 Å². The molecule has 3 aliphatic carbocycles. The van der Waals surface area contributed by atoms with E-state index in [0.29, 0.717) is 0 Å². The molecule has 1 fully saturated rings. The monoisotopic (exact) mass is 1170 g/mol. The normalized spacial score (nSPS) is 21.7. The lowest BCUT2D eigenvalue weighted by Gasteiger charge is -2.51. The summed E-state index contributed by atoms with van der Waals surface area (Å²) in [7, 11) is 0. The zero-order valence-electron chi connectivity index (χ0n) is 57.5. The number of fused-ring (bicyclic) bond motifs is 9. The summed E-state index contributed by atoms with van der Waals surface area (Å²) in [6, 6.07) is 64.0. The Morgan fingerprint density at radius 1 is 0.348 bits per heavy atom. The Kier molecular flexibility index (Phi) is 13.2. The van der Waals surface area contributed by atoms with E-state index in [4.69, 9.17) is 0 Å². The minimum atomic E-state index is -0.102. The molecule has 0 bridgehead atoms. The maximum absolute atomic E-state index is 2.79. The van der Waals surface area contributed by atoms with Crippen LogP contribution in [0.5, 0.6) is 0 Å². The molecule has 0 aromatic heterocycles. The molecule has 3 heterocycles. The lowest BCUT2D eigenvalue weighted by molar-refractivity contribution is 0.195. The number of nitrogens with zero attached hydrogens (tertiary/aromatic N) is 4. The summed E-state index contributed by atoms with van der Waals surface area (Å²) in [5, 5.41) is 0. The lowest BCUT2D eigenvalue weighted by Crippen LogP contribution is -2.62. The van der Waals surface area contributed by atoms with Gasteiger partial charge in [0.25, 0.3) is 6.71 Å². The molecule has 4 nitrogen and oxygen atoms in total. The van der Waals surface area contributed by atoms with Crippen molar-refractivity contribution >= 4 is 85.7 Å². The zero-order chi connectivity index (χ0) is 63.1. The highest BCUT2D eigenvalue weighted by Crippen LogP contribution is 2.62. The molecule has 0 amide bonds. The number of rotatable bonds is 6. The van der Waals surface area contributed by atoms with Crippen molar-refractivity contribution in [3.63, 3.8) is 0 Å². The third-order valence-electron chi connectivity index (χ3n) is 23.6. The van der Waals surface area contributed by atoms with Crippen molar-refractivity contribution in [3.8, 4) is 0 Å². The van der Waals surface area contributed by atoms with Crippen LogP contribution in [0.3, 0.4) is 0 Å². The molecule has 2 unspecified atom stereocenters. The quantitative estimate of drug-likeness (QED) is 0.154. The Bertz CT molecular complexity index is 4080. The smallest absolute Gasteiger partial charge is 0.252 e. The van der Waals surface area contributed by atoms with Gasteiger partial charge in [0.15, 0.2) is 0 Å². The van der Waals surface area contributed by atoms with Gasteiger partial charge in [-0.3, -0.25) is 0 Å². The molecule has 0 N–H and O–H groups in total. The fraction of sp³-hybridized carbons (Fsp3) is 0.429. The minimum absolute atomic E-state index is 0.00188. The van der Waals surface area contributed by atoms with E-state index >= 15 is 0 Å². The van der Waals surface area contributed by atoms with Crippen LogP contribution in [0.4, 0.5) is 62.6 Å². The summed E-state index contributed by atoms with van der Waals surface area (Å²) in [4.78, 5) is 10.8. The third kappa shape index (κ3) is 9.24. The van der Waals surface area contributed by atoms with Crippen LogP contribution in [0, 0.1) is 0 Å². The fourth-order valence-electron chi connectivity index (χ4n) is 17.4. The maximum Gasteiger partial charge on any atom is 0.252 e. The Balaban J connectivity index is 1.12. The average Bonchev–Trinajstić information content (AvgIpc) is 1.23. The summed E-state index contributed by atoms with van der Waals surface area (Å²) >= 11 is 0. The molecule has 0 radical (unpaired) electrons.